The lowest BCUT2D eigenvalue weighted by Gasteiger charge is -2.35. The molecule has 0 bridgehead atoms. The Morgan fingerprint density at radius 2 is 1.85 bits per heavy atom. The number of anilines is 1. The maximum Gasteiger partial charge on any atom is 0.262 e. The monoisotopic (exact) mass is 455 g/mol. The fourth-order valence-corrected chi connectivity index (χ4v) is 6.65. The van der Waals surface area contributed by atoms with Gasteiger partial charge in [0.1, 0.15) is 35.9 Å². The fraction of sp³-hybridized carbons (Fsp3) is 0.360. The molecule has 4 aliphatic heterocycles. The summed E-state index contributed by atoms with van der Waals surface area (Å²) < 4.78 is 8.10. The molecule has 0 unspecified atom stereocenters. The van der Waals surface area contributed by atoms with Crippen molar-refractivity contribution < 1.29 is 14.3 Å². The molecule has 1 saturated carbocycles. The minimum absolute atomic E-state index is 0.119. The standard InChI is InChI=1S/C25H21N5O4/c31-20-18(29-19(12-26-20)27-16-7-3-1-5-14(16)21(29)32)11-25-15-6-2-4-8-17(15)30-22(25)28(13-34-25)24(9-10-24)23(30)33/h1-8,18,22H,9-13H2,(H,26,31)/t18-,22+,25-/m0/s1. The smallest absolute Gasteiger partial charge is 0.262 e. The van der Waals surface area contributed by atoms with Gasteiger partial charge in [0.05, 0.1) is 23.1 Å². The average molecular weight is 455 g/mol. The molecule has 5 aliphatic rings. The third-order valence-corrected chi connectivity index (χ3v) is 8.34. The van der Waals surface area contributed by atoms with Gasteiger partial charge in [0.25, 0.3) is 5.56 Å². The van der Waals surface area contributed by atoms with Gasteiger partial charge in [-0.1, -0.05) is 30.3 Å². The molecule has 8 rings (SSSR count). The second-order valence-electron chi connectivity index (χ2n) is 9.89. The van der Waals surface area contributed by atoms with E-state index in [1.807, 2.05) is 41.3 Å². The summed E-state index contributed by atoms with van der Waals surface area (Å²) in [6.07, 6.45) is 1.57. The van der Waals surface area contributed by atoms with Crippen molar-refractivity contribution >= 4 is 28.4 Å². The van der Waals surface area contributed by atoms with Crippen molar-refractivity contribution in [3.8, 4) is 0 Å². The Morgan fingerprint density at radius 1 is 1.06 bits per heavy atom. The van der Waals surface area contributed by atoms with Gasteiger partial charge in [0.15, 0.2) is 0 Å². The van der Waals surface area contributed by atoms with Gasteiger partial charge in [-0.05, 0) is 31.0 Å². The van der Waals surface area contributed by atoms with Crippen LogP contribution < -0.4 is 15.8 Å². The molecule has 1 aliphatic carbocycles. The quantitative estimate of drug-likeness (QED) is 0.627. The Morgan fingerprint density at radius 3 is 2.71 bits per heavy atom. The number of benzene rings is 2. The highest BCUT2D eigenvalue weighted by Crippen LogP contribution is 2.63. The van der Waals surface area contributed by atoms with Crippen LogP contribution in [0.4, 0.5) is 5.69 Å². The topological polar surface area (TPSA) is 96.8 Å². The number of carbonyl (C=O) groups is 2. The molecule has 2 aromatic carbocycles. The van der Waals surface area contributed by atoms with Crippen molar-refractivity contribution in [2.75, 3.05) is 11.6 Å². The van der Waals surface area contributed by atoms with Crippen molar-refractivity contribution in [2.45, 2.75) is 49.2 Å². The number of hydrogen-bond donors (Lipinski definition) is 1. The van der Waals surface area contributed by atoms with E-state index in [2.05, 4.69) is 15.2 Å². The highest BCUT2D eigenvalue weighted by Gasteiger charge is 2.75. The first kappa shape index (κ1) is 18.8. The summed E-state index contributed by atoms with van der Waals surface area (Å²) in [5.41, 5.74) is 0.737. The van der Waals surface area contributed by atoms with Crippen LogP contribution in [0.1, 0.15) is 36.7 Å². The number of aromatic nitrogens is 2. The highest BCUT2D eigenvalue weighted by atomic mass is 16.5. The lowest BCUT2D eigenvalue weighted by molar-refractivity contribution is -0.129. The molecule has 3 atom stereocenters. The average Bonchev–Trinajstić information content (AvgIpc) is 3.42. The van der Waals surface area contributed by atoms with E-state index in [0.717, 1.165) is 24.1 Å². The summed E-state index contributed by atoms with van der Waals surface area (Å²) in [7, 11) is 0. The van der Waals surface area contributed by atoms with Crippen LogP contribution in [-0.4, -0.2) is 44.7 Å². The molecule has 170 valence electrons. The molecule has 1 N–H and O–H groups in total. The molecule has 1 spiro atoms. The van der Waals surface area contributed by atoms with Crippen LogP contribution in [0, 0.1) is 0 Å². The van der Waals surface area contributed by atoms with E-state index in [1.54, 1.807) is 12.1 Å². The zero-order valence-corrected chi connectivity index (χ0v) is 18.2. The zero-order valence-electron chi connectivity index (χ0n) is 18.2. The summed E-state index contributed by atoms with van der Waals surface area (Å²) in [6, 6.07) is 14.2. The first-order chi connectivity index (χ1) is 16.6. The number of fused-ring (bicyclic) bond motifs is 6. The Hall–Kier alpha value is -3.56. The molecule has 34 heavy (non-hydrogen) atoms. The van der Waals surface area contributed by atoms with Crippen LogP contribution in [0.5, 0.6) is 0 Å². The van der Waals surface area contributed by atoms with Crippen LogP contribution >= 0.6 is 0 Å². The lowest BCUT2D eigenvalue weighted by Crippen LogP contribution is -2.51. The van der Waals surface area contributed by atoms with Gasteiger partial charge in [-0.3, -0.25) is 23.9 Å². The largest absolute Gasteiger partial charge is 0.351 e. The number of rotatable bonds is 2. The van der Waals surface area contributed by atoms with Crippen LogP contribution in [0.2, 0.25) is 0 Å². The maximum atomic E-state index is 13.6. The van der Waals surface area contributed by atoms with E-state index >= 15 is 0 Å². The molecule has 2 saturated heterocycles. The minimum atomic E-state index is -0.903. The summed E-state index contributed by atoms with van der Waals surface area (Å²) in [5, 5.41) is 3.40. The third-order valence-electron chi connectivity index (χ3n) is 8.34. The van der Waals surface area contributed by atoms with Gasteiger partial charge in [-0.25, -0.2) is 9.88 Å². The zero-order chi connectivity index (χ0) is 22.8. The van der Waals surface area contributed by atoms with Gasteiger partial charge in [0, 0.05) is 12.0 Å². The molecular weight excluding hydrogens is 434 g/mol. The SMILES string of the molecule is O=C1NCc2nc3ccccc3c(=O)n2[C@H]1C[C@@]12OCN3[C@@H]1N(C(=O)C31CC1)c1ccccc12. The van der Waals surface area contributed by atoms with Gasteiger partial charge < -0.3 is 10.1 Å². The number of ether oxygens (including phenoxy) is 1. The highest BCUT2D eigenvalue weighted by molar-refractivity contribution is 6.07. The predicted molar refractivity (Wildman–Crippen MR) is 121 cm³/mol. The van der Waals surface area contributed by atoms with E-state index in [-0.39, 0.29) is 36.5 Å². The summed E-state index contributed by atoms with van der Waals surface area (Å²) >= 11 is 0. The summed E-state index contributed by atoms with van der Waals surface area (Å²) in [5.74, 6) is 0.418. The second-order valence-corrected chi connectivity index (χ2v) is 9.89. The van der Waals surface area contributed by atoms with Gasteiger partial charge >= 0.3 is 0 Å². The fourth-order valence-electron chi connectivity index (χ4n) is 6.65. The van der Waals surface area contributed by atoms with Crippen molar-refractivity contribution in [1.29, 1.82) is 0 Å². The number of nitrogens with one attached hydrogen (secondary N) is 1. The molecule has 3 aromatic rings. The predicted octanol–water partition coefficient (Wildman–Crippen LogP) is 1.36. The molecular formula is C25H21N5O4. The Bertz CT molecular complexity index is 1510. The van der Waals surface area contributed by atoms with Crippen molar-refractivity contribution in [3.05, 3.63) is 70.3 Å². The van der Waals surface area contributed by atoms with Crippen molar-refractivity contribution in [3.63, 3.8) is 0 Å². The molecule has 0 radical (unpaired) electrons. The molecule has 3 fully saturated rings. The lowest BCUT2D eigenvalue weighted by atomic mass is 9.85. The first-order valence-electron chi connectivity index (χ1n) is 11.7. The molecule has 9 heteroatoms. The Kier molecular flexibility index (Phi) is 3.28. The number of nitrogens with zero attached hydrogens (tertiary/aromatic N) is 4. The molecule has 9 nitrogen and oxygen atoms in total. The van der Waals surface area contributed by atoms with Gasteiger partial charge in [0.2, 0.25) is 11.8 Å². The van der Waals surface area contributed by atoms with E-state index in [4.69, 9.17) is 4.74 Å². The normalized spacial score (nSPS) is 29.9. The molecule has 5 heterocycles. The van der Waals surface area contributed by atoms with E-state index in [0.29, 0.717) is 23.5 Å². The Labute approximate surface area is 193 Å². The summed E-state index contributed by atoms with van der Waals surface area (Å²) in [4.78, 5) is 49.1. The second kappa shape index (κ2) is 5.92. The van der Waals surface area contributed by atoms with E-state index in [1.165, 1.54) is 4.57 Å². The number of para-hydroxylation sites is 2. The van der Waals surface area contributed by atoms with Gasteiger partial charge in [-0.2, -0.15) is 0 Å². The Balaban J connectivity index is 1.32. The summed E-state index contributed by atoms with van der Waals surface area (Å²) in [6.45, 7) is 0.524. The van der Waals surface area contributed by atoms with E-state index in [9.17, 15) is 14.4 Å². The van der Waals surface area contributed by atoms with Crippen molar-refractivity contribution in [1.82, 2.24) is 19.8 Å². The molecule has 2 amide bonds. The number of carbonyl (C=O) groups excluding carboxylic acids is 2. The molecule has 1 aromatic heterocycles. The number of hydrogen-bond acceptors (Lipinski definition) is 6. The third kappa shape index (κ3) is 2.00. The van der Waals surface area contributed by atoms with Crippen molar-refractivity contribution in [2.24, 2.45) is 0 Å². The number of amides is 2. The maximum absolute atomic E-state index is 13.6. The van der Waals surface area contributed by atoms with Crippen LogP contribution in [0.15, 0.2) is 53.3 Å². The first-order valence-corrected chi connectivity index (χ1v) is 11.7. The minimum Gasteiger partial charge on any atom is -0.351 e. The van der Waals surface area contributed by atoms with E-state index < -0.39 is 17.2 Å². The van der Waals surface area contributed by atoms with Crippen LogP contribution in [0.25, 0.3) is 10.9 Å². The van der Waals surface area contributed by atoms with Crippen LogP contribution in [-0.2, 0) is 26.5 Å². The van der Waals surface area contributed by atoms with Crippen LogP contribution in [0.3, 0.4) is 0 Å². The van der Waals surface area contributed by atoms with Gasteiger partial charge in [-0.15, -0.1) is 0 Å².